The molecule has 0 bridgehead atoms. The molecule has 0 radical (unpaired) electrons. The minimum Gasteiger partial charge on any atom is -0.481 e. The van der Waals surface area contributed by atoms with E-state index in [1.54, 1.807) is 0 Å². The van der Waals surface area contributed by atoms with E-state index < -0.39 is 5.97 Å². The van der Waals surface area contributed by atoms with Crippen LogP contribution in [0.25, 0.3) is 0 Å². The number of carboxylic acids is 1. The number of halogens is 3. The molecule has 0 unspecified atom stereocenters. The first-order chi connectivity index (χ1) is 14.4. The Balaban J connectivity index is 1.92. The number of rotatable bonds is 17. The lowest BCUT2D eigenvalue weighted by Crippen LogP contribution is -2.09. The van der Waals surface area contributed by atoms with Gasteiger partial charge in [0.15, 0.2) is 5.75 Å². The number of hydrogen-bond acceptors (Lipinski definition) is 3. The zero-order valence-corrected chi connectivity index (χ0v) is 24.0. The summed E-state index contributed by atoms with van der Waals surface area (Å²) < 4.78 is 8.68. The smallest absolute Gasteiger partial charge is 0.311 e. The first-order valence-electron chi connectivity index (χ1n) is 11.0. The monoisotopic (exact) mass is 754 g/mol. The van der Waals surface area contributed by atoms with Crippen LogP contribution in [0, 0.1) is 10.7 Å². The van der Waals surface area contributed by atoms with Crippen LogP contribution in [-0.2, 0) is 9.59 Å². The molecule has 0 spiro atoms. The SMILES string of the molecule is O=C(O)CCCCCCCCCCCCCCCC(=O)Oc1c(I)cc(I)cc1I. The van der Waals surface area contributed by atoms with Gasteiger partial charge in [0.1, 0.15) is 0 Å². The Morgan fingerprint density at radius 3 is 1.43 bits per heavy atom. The number of aliphatic carboxylic acids is 1. The van der Waals surface area contributed by atoms with Crippen molar-refractivity contribution in [2.45, 2.75) is 96.3 Å². The molecule has 0 aromatic heterocycles. The van der Waals surface area contributed by atoms with Gasteiger partial charge in [-0.15, -0.1) is 0 Å². The van der Waals surface area contributed by atoms with E-state index in [0.29, 0.717) is 18.6 Å². The van der Waals surface area contributed by atoms with Crippen LogP contribution in [0.5, 0.6) is 5.75 Å². The van der Waals surface area contributed by atoms with Crippen molar-refractivity contribution in [1.29, 1.82) is 0 Å². The summed E-state index contributed by atoms with van der Waals surface area (Å²) in [6.07, 6.45) is 15.9. The van der Waals surface area contributed by atoms with Gasteiger partial charge in [0.2, 0.25) is 0 Å². The van der Waals surface area contributed by atoms with E-state index in [1.807, 2.05) is 12.1 Å². The van der Waals surface area contributed by atoms with Crippen molar-refractivity contribution in [2.75, 3.05) is 0 Å². The highest BCUT2D eigenvalue weighted by atomic mass is 127. The lowest BCUT2D eigenvalue weighted by Gasteiger charge is -2.09. The number of carboxylic acid groups (broad SMARTS) is 1. The molecule has 1 rings (SSSR count). The molecule has 7 heteroatoms. The van der Waals surface area contributed by atoms with Crippen LogP contribution >= 0.6 is 67.8 Å². The zero-order valence-electron chi connectivity index (χ0n) is 17.6. The van der Waals surface area contributed by atoms with E-state index in [1.165, 1.54) is 51.4 Å². The minimum absolute atomic E-state index is 0.130. The molecular formula is C23H33I3O4. The van der Waals surface area contributed by atoms with E-state index in [2.05, 4.69) is 67.8 Å². The number of ether oxygens (including phenoxy) is 1. The highest BCUT2D eigenvalue weighted by Gasteiger charge is 2.12. The summed E-state index contributed by atoms with van der Waals surface area (Å²) in [5, 5.41) is 8.59. The second-order valence-corrected chi connectivity index (χ2v) is 11.2. The Hall–Kier alpha value is 0.350. The maximum atomic E-state index is 12.1. The predicted molar refractivity (Wildman–Crippen MR) is 147 cm³/mol. The molecule has 0 saturated heterocycles. The molecule has 30 heavy (non-hydrogen) atoms. The fraction of sp³-hybridized carbons (Fsp3) is 0.652. The van der Waals surface area contributed by atoms with Gasteiger partial charge in [0.05, 0.1) is 7.14 Å². The molecule has 1 aromatic rings. The van der Waals surface area contributed by atoms with Crippen LogP contribution in [-0.4, -0.2) is 17.0 Å². The maximum absolute atomic E-state index is 12.1. The van der Waals surface area contributed by atoms with Crippen LogP contribution in [0.3, 0.4) is 0 Å². The lowest BCUT2D eigenvalue weighted by molar-refractivity contribution is -0.137. The van der Waals surface area contributed by atoms with Crippen molar-refractivity contribution >= 4 is 79.7 Å². The normalized spacial score (nSPS) is 10.9. The Labute approximate surface area is 222 Å². The van der Waals surface area contributed by atoms with Crippen LogP contribution in [0.2, 0.25) is 0 Å². The second kappa shape index (κ2) is 17.9. The molecule has 0 aliphatic heterocycles. The Morgan fingerprint density at radius 1 is 0.667 bits per heavy atom. The molecule has 1 N–H and O–H groups in total. The van der Waals surface area contributed by atoms with E-state index in [9.17, 15) is 9.59 Å². The third kappa shape index (κ3) is 14.4. The summed E-state index contributed by atoms with van der Waals surface area (Å²) in [6.45, 7) is 0. The van der Waals surface area contributed by atoms with Crippen molar-refractivity contribution in [3.05, 3.63) is 22.8 Å². The largest absolute Gasteiger partial charge is 0.481 e. The Bertz CT molecular complexity index is 626. The second-order valence-electron chi connectivity index (χ2n) is 7.66. The predicted octanol–water partition coefficient (Wildman–Crippen LogP) is 8.34. The summed E-state index contributed by atoms with van der Waals surface area (Å²) in [5.74, 6) is -0.113. The quantitative estimate of drug-likeness (QED) is 0.0753. The molecule has 1 aromatic carbocycles. The molecule has 0 atom stereocenters. The highest BCUT2D eigenvalue weighted by molar-refractivity contribution is 14.1. The molecule has 0 saturated carbocycles. The van der Waals surface area contributed by atoms with Crippen molar-refractivity contribution < 1.29 is 19.4 Å². The van der Waals surface area contributed by atoms with Crippen LogP contribution in [0.4, 0.5) is 0 Å². The van der Waals surface area contributed by atoms with E-state index >= 15 is 0 Å². The molecule has 4 nitrogen and oxygen atoms in total. The molecule has 170 valence electrons. The van der Waals surface area contributed by atoms with Gasteiger partial charge < -0.3 is 9.84 Å². The molecular weight excluding hydrogens is 721 g/mol. The van der Waals surface area contributed by atoms with Gasteiger partial charge in [-0.2, -0.15) is 0 Å². The summed E-state index contributed by atoms with van der Waals surface area (Å²) in [7, 11) is 0. The van der Waals surface area contributed by atoms with E-state index in [4.69, 9.17) is 9.84 Å². The molecule has 0 amide bonds. The number of unbranched alkanes of at least 4 members (excludes halogenated alkanes) is 12. The number of carbonyl (C=O) groups excluding carboxylic acids is 1. The number of hydrogen-bond donors (Lipinski definition) is 1. The molecule has 0 heterocycles. The minimum atomic E-state index is -0.679. The lowest BCUT2D eigenvalue weighted by atomic mass is 10.0. The summed E-state index contributed by atoms with van der Waals surface area (Å²) in [6, 6.07) is 4.04. The number of esters is 1. The third-order valence-corrected chi connectivity index (χ3v) is 7.18. The van der Waals surface area contributed by atoms with Gasteiger partial charge >= 0.3 is 11.9 Å². The number of carbonyl (C=O) groups is 2. The fourth-order valence-corrected chi connectivity index (χ4v) is 7.08. The summed E-state index contributed by atoms with van der Waals surface area (Å²) in [5.41, 5.74) is 0. The zero-order chi connectivity index (χ0) is 22.2. The van der Waals surface area contributed by atoms with Crippen LogP contribution in [0.1, 0.15) is 96.3 Å². The average molecular weight is 754 g/mol. The standard InChI is InChI=1S/C23H33I3O4/c24-18-16-19(25)23(20(26)17-18)30-22(29)15-13-11-9-7-5-3-1-2-4-6-8-10-12-14-21(27)28/h16-17H,1-15H2,(H,27,28). The molecule has 0 aliphatic carbocycles. The van der Waals surface area contributed by atoms with Crippen molar-refractivity contribution in [3.8, 4) is 5.75 Å². The van der Waals surface area contributed by atoms with Gasteiger partial charge in [-0.05, 0) is 92.7 Å². The van der Waals surface area contributed by atoms with Gasteiger partial charge in [0, 0.05) is 16.4 Å². The highest BCUT2D eigenvalue weighted by Crippen LogP contribution is 2.30. The van der Waals surface area contributed by atoms with Gasteiger partial charge in [-0.3, -0.25) is 9.59 Å². The van der Waals surface area contributed by atoms with Crippen molar-refractivity contribution in [2.24, 2.45) is 0 Å². The van der Waals surface area contributed by atoms with Gasteiger partial charge in [0.25, 0.3) is 0 Å². The summed E-state index contributed by atoms with van der Waals surface area (Å²) in [4.78, 5) is 22.5. The Kier molecular flexibility index (Phi) is 16.9. The van der Waals surface area contributed by atoms with Gasteiger partial charge in [-0.25, -0.2) is 0 Å². The fourth-order valence-electron chi connectivity index (χ4n) is 3.28. The van der Waals surface area contributed by atoms with Crippen molar-refractivity contribution in [3.63, 3.8) is 0 Å². The first kappa shape index (κ1) is 28.4. The maximum Gasteiger partial charge on any atom is 0.311 e. The topological polar surface area (TPSA) is 63.6 Å². The van der Waals surface area contributed by atoms with Crippen LogP contribution in [0.15, 0.2) is 12.1 Å². The third-order valence-electron chi connectivity index (χ3n) is 4.95. The average Bonchev–Trinajstić information content (AvgIpc) is 2.67. The number of benzene rings is 1. The molecule has 0 fully saturated rings. The van der Waals surface area contributed by atoms with Crippen LogP contribution < -0.4 is 4.74 Å². The summed E-state index contributed by atoms with van der Waals surface area (Å²) >= 11 is 6.71. The first-order valence-corrected chi connectivity index (χ1v) is 14.2. The molecule has 0 aliphatic rings. The van der Waals surface area contributed by atoms with Gasteiger partial charge in [-0.1, -0.05) is 70.6 Å². The van der Waals surface area contributed by atoms with E-state index in [-0.39, 0.29) is 5.97 Å². The van der Waals surface area contributed by atoms with E-state index in [0.717, 1.165) is 42.8 Å². The van der Waals surface area contributed by atoms with Crippen molar-refractivity contribution in [1.82, 2.24) is 0 Å². The Morgan fingerprint density at radius 2 is 1.03 bits per heavy atom.